The SMILES string of the molecule is Clc1ccc([C@@H](c2nnnn2C[C@@H]2CCCO2)[NH+]2CC[NH+](C3CCCC3)CC2)cc1. The average Bonchev–Trinajstić information content (AvgIpc) is 3.54. The van der Waals surface area contributed by atoms with Crippen molar-refractivity contribution in [3.05, 3.63) is 40.7 Å². The summed E-state index contributed by atoms with van der Waals surface area (Å²) < 4.78 is 7.84. The van der Waals surface area contributed by atoms with E-state index in [-0.39, 0.29) is 12.1 Å². The van der Waals surface area contributed by atoms with Crippen LogP contribution in [0, 0.1) is 0 Å². The first-order valence-corrected chi connectivity index (χ1v) is 12.0. The summed E-state index contributed by atoms with van der Waals surface area (Å²) in [4.78, 5) is 3.37. The lowest BCUT2D eigenvalue weighted by atomic mass is 10.0. The molecule has 3 heterocycles. The second-order valence-corrected chi connectivity index (χ2v) is 9.57. The predicted molar refractivity (Wildman–Crippen MR) is 114 cm³/mol. The van der Waals surface area contributed by atoms with Crippen molar-refractivity contribution in [2.24, 2.45) is 0 Å². The summed E-state index contributed by atoms with van der Waals surface area (Å²) in [6.45, 7) is 6.34. The minimum atomic E-state index is 0.129. The van der Waals surface area contributed by atoms with Gasteiger partial charge in [-0.15, -0.1) is 5.10 Å². The maximum Gasteiger partial charge on any atom is 0.214 e. The first-order valence-electron chi connectivity index (χ1n) is 11.6. The van der Waals surface area contributed by atoms with Gasteiger partial charge in [0.2, 0.25) is 5.82 Å². The Hall–Kier alpha value is -1.54. The fourth-order valence-corrected chi connectivity index (χ4v) is 5.80. The van der Waals surface area contributed by atoms with Gasteiger partial charge in [0.1, 0.15) is 26.2 Å². The molecule has 5 rings (SSSR count). The van der Waals surface area contributed by atoms with Crippen molar-refractivity contribution in [3.8, 4) is 0 Å². The van der Waals surface area contributed by atoms with Crippen LogP contribution >= 0.6 is 11.6 Å². The maximum absolute atomic E-state index is 6.19. The normalized spacial score (nSPS) is 28.8. The number of benzene rings is 1. The van der Waals surface area contributed by atoms with Crippen molar-refractivity contribution in [1.29, 1.82) is 0 Å². The standard InChI is InChI=1S/C22H31ClN6O/c23-18-9-7-17(8-10-18)21(22-24-25-26-29(22)16-20-6-3-15-30-20)28-13-11-27(12-14-28)19-4-1-2-5-19/h7-10,19-21H,1-6,11-16H2/p+2/t20-,21-/m0/s1. The molecule has 8 heteroatoms. The van der Waals surface area contributed by atoms with Crippen LogP contribution in [0.2, 0.25) is 5.02 Å². The Balaban J connectivity index is 1.38. The smallest absolute Gasteiger partial charge is 0.214 e. The number of hydrogen-bond acceptors (Lipinski definition) is 4. The van der Waals surface area contributed by atoms with Crippen LogP contribution < -0.4 is 9.80 Å². The molecule has 0 radical (unpaired) electrons. The van der Waals surface area contributed by atoms with Crippen LogP contribution in [0.25, 0.3) is 0 Å². The van der Waals surface area contributed by atoms with E-state index in [0.717, 1.165) is 56.0 Å². The second kappa shape index (κ2) is 9.30. The summed E-state index contributed by atoms with van der Waals surface area (Å²) in [5.74, 6) is 0.951. The highest BCUT2D eigenvalue weighted by molar-refractivity contribution is 6.30. The number of rotatable bonds is 6. The average molecular weight is 433 g/mol. The molecule has 0 unspecified atom stereocenters. The van der Waals surface area contributed by atoms with Crippen LogP contribution in [0.1, 0.15) is 56.0 Å². The van der Waals surface area contributed by atoms with Gasteiger partial charge < -0.3 is 14.5 Å². The predicted octanol–water partition coefficient (Wildman–Crippen LogP) is 0.321. The molecule has 7 nitrogen and oxygen atoms in total. The van der Waals surface area contributed by atoms with Gasteiger partial charge in [-0.25, -0.2) is 4.68 Å². The first kappa shape index (κ1) is 20.4. The minimum absolute atomic E-state index is 0.129. The number of hydrogen-bond donors (Lipinski definition) is 2. The highest BCUT2D eigenvalue weighted by Crippen LogP contribution is 2.21. The van der Waals surface area contributed by atoms with Crippen LogP contribution in [0.5, 0.6) is 0 Å². The highest BCUT2D eigenvalue weighted by atomic mass is 35.5. The minimum Gasteiger partial charge on any atom is -0.376 e. The zero-order valence-electron chi connectivity index (χ0n) is 17.6. The van der Waals surface area contributed by atoms with Gasteiger partial charge in [0.15, 0.2) is 6.04 Å². The molecule has 2 N–H and O–H groups in total. The van der Waals surface area contributed by atoms with E-state index in [1.165, 1.54) is 44.3 Å². The summed E-state index contributed by atoms with van der Waals surface area (Å²) in [6.07, 6.45) is 8.07. The molecule has 2 atom stereocenters. The van der Waals surface area contributed by atoms with Crippen molar-refractivity contribution in [3.63, 3.8) is 0 Å². The summed E-state index contributed by atoms with van der Waals surface area (Å²) in [6, 6.07) is 9.26. The number of quaternary nitrogens is 2. The van der Waals surface area contributed by atoms with Gasteiger partial charge in [0.05, 0.1) is 18.7 Å². The largest absolute Gasteiger partial charge is 0.376 e. The fraction of sp³-hybridized carbons (Fsp3) is 0.682. The molecule has 162 valence electrons. The van der Waals surface area contributed by atoms with Crippen LogP contribution in [0.15, 0.2) is 24.3 Å². The summed E-state index contributed by atoms with van der Waals surface area (Å²) in [5.41, 5.74) is 1.24. The molecular weight excluding hydrogens is 400 g/mol. The van der Waals surface area contributed by atoms with E-state index in [0.29, 0.717) is 0 Å². The number of piperazine rings is 1. The molecule has 30 heavy (non-hydrogen) atoms. The van der Waals surface area contributed by atoms with Gasteiger partial charge in [-0.1, -0.05) is 23.7 Å². The zero-order valence-corrected chi connectivity index (χ0v) is 18.4. The fourth-order valence-electron chi connectivity index (χ4n) is 5.68. The van der Waals surface area contributed by atoms with Crippen LogP contribution in [-0.2, 0) is 11.3 Å². The van der Waals surface area contributed by atoms with E-state index in [2.05, 4.69) is 27.7 Å². The van der Waals surface area contributed by atoms with Gasteiger partial charge in [0.25, 0.3) is 0 Å². The molecule has 2 aromatic rings. The summed E-state index contributed by atoms with van der Waals surface area (Å²) in [7, 11) is 0. The van der Waals surface area contributed by atoms with Gasteiger partial charge in [-0.3, -0.25) is 0 Å². The number of nitrogens with one attached hydrogen (secondary N) is 2. The molecule has 1 aromatic carbocycles. The first-order chi connectivity index (χ1) is 14.8. The molecule has 1 aromatic heterocycles. The van der Waals surface area contributed by atoms with E-state index in [1.54, 1.807) is 4.90 Å². The lowest BCUT2D eigenvalue weighted by Gasteiger charge is -2.36. The number of ether oxygens (including phenoxy) is 1. The molecule has 2 aliphatic heterocycles. The molecule has 1 saturated carbocycles. The molecule has 3 fully saturated rings. The van der Waals surface area contributed by atoms with Gasteiger partial charge in [0, 0.05) is 17.2 Å². The lowest BCUT2D eigenvalue weighted by Crippen LogP contribution is -3.29. The Kier molecular flexibility index (Phi) is 6.32. The van der Waals surface area contributed by atoms with E-state index in [4.69, 9.17) is 16.3 Å². The lowest BCUT2D eigenvalue weighted by molar-refractivity contribution is -1.03. The molecule has 0 spiro atoms. The number of nitrogens with zero attached hydrogens (tertiary/aromatic N) is 4. The van der Waals surface area contributed by atoms with Gasteiger partial charge in [-0.2, -0.15) is 0 Å². The summed E-state index contributed by atoms with van der Waals surface area (Å²) in [5, 5.41) is 13.7. The summed E-state index contributed by atoms with van der Waals surface area (Å²) >= 11 is 6.19. The van der Waals surface area contributed by atoms with Gasteiger partial charge in [-0.05, 0) is 61.1 Å². The van der Waals surface area contributed by atoms with Crippen LogP contribution in [-0.4, -0.2) is 65.1 Å². The molecule has 1 aliphatic carbocycles. The van der Waals surface area contributed by atoms with E-state index >= 15 is 0 Å². The third-order valence-electron chi connectivity index (χ3n) is 7.30. The van der Waals surface area contributed by atoms with E-state index in [1.807, 2.05) is 21.7 Å². The number of tetrazole rings is 1. The Labute approximate surface area is 183 Å². The van der Waals surface area contributed by atoms with Crippen molar-refractivity contribution >= 4 is 11.6 Å². The molecule has 3 aliphatic rings. The van der Waals surface area contributed by atoms with E-state index in [9.17, 15) is 0 Å². The Morgan fingerprint density at radius 1 is 1.03 bits per heavy atom. The van der Waals surface area contributed by atoms with Crippen LogP contribution in [0.3, 0.4) is 0 Å². The van der Waals surface area contributed by atoms with Crippen molar-refractivity contribution < 1.29 is 14.5 Å². The Bertz CT molecular complexity index is 807. The Morgan fingerprint density at radius 2 is 1.80 bits per heavy atom. The number of aromatic nitrogens is 4. The van der Waals surface area contributed by atoms with Gasteiger partial charge >= 0.3 is 0 Å². The monoisotopic (exact) mass is 432 g/mol. The number of halogens is 1. The molecule has 0 bridgehead atoms. The van der Waals surface area contributed by atoms with Crippen LogP contribution in [0.4, 0.5) is 0 Å². The quantitative estimate of drug-likeness (QED) is 0.690. The highest BCUT2D eigenvalue weighted by Gasteiger charge is 2.38. The van der Waals surface area contributed by atoms with E-state index < -0.39 is 0 Å². The third kappa shape index (κ3) is 4.40. The van der Waals surface area contributed by atoms with Crippen molar-refractivity contribution in [2.45, 2.75) is 63.3 Å². The van der Waals surface area contributed by atoms with Crippen molar-refractivity contribution in [1.82, 2.24) is 20.2 Å². The molecule has 2 saturated heterocycles. The topological polar surface area (TPSA) is 61.7 Å². The zero-order chi connectivity index (χ0) is 20.3. The second-order valence-electron chi connectivity index (χ2n) is 9.14. The van der Waals surface area contributed by atoms with Crippen molar-refractivity contribution in [2.75, 3.05) is 32.8 Å². The maximum atomic E-state index is 6.19. The third-order valence-corrected chi connectivity index (χ3v) is 7.55. The molecule has 0 amide bonds. The Morgan fingerprint density at radius 3 is 2.50 bits per heavy atom. The molecular formula is C22H33ClN6O+2.